The minimum Gasteiger partial charge on any atom is -0.365 e. The molecule has 6 heteroatoms. The lowest BCUT2D eigenvalue weighted by molar-refractivity contribution is 0.533. The molecule has 1 atom stereocenters. The van der Waals surface area contributed by atoms with Gasteiger partial charge in [0, 0.05) is 38.9 Å². The zero-order chi connectivity index (χ0) is 15.5. The highest BCUT2D eigenvalue weighted by Gasteiger charge is 2.26. The van der Waals surface area contributed by atoms with Crippen LogP contribution in [0.15, 0.2) is 36.5 Å². The summed E-state index contributed by atoms with van der Waals surface area (Å²) in [6, 6.07) is 9.10. The van der Waals surface area contributed by atoms with Gasteiger partial charge in [0.25, 0.3) is 0 Å². The van der Waals surface area contributed by atoms with Gasteiger partial charge in [0.2, 0.25) is 5.95 Å². The van der Waals surface area contributed by atoms with E-state index in [1.54, 1.807) is 19.3 Å². The molecule has 1 N–H and O–H groups in total. The highest BCUT2D eigenvalue weighted by atomic mass is 19.1. The number of benzene rings is 1. The van der Waals surface area contributed by atoms with Crippen molar-refractivity contribution in [3.05, 3.63) is 42.3 Å². The normalized spacial score (nSPS) is 18.4. The van der Waals surface area contributed by atoms with Gasteiger partial charge in [0.1, 0.15) is 11.6 Å². The van der Waals surface area contributed by atoms with E-state index < -0.39 is 0 Å². The molecule has 0 spiro atoms. The van der Waals surface area contributed by atoms with Crippen LogP contribution in [0.3, 0.4) is 0 Å². The van der Waals surface area contributed by atoms with Crippen LogP contribution in [0.1, 0.15) is 6.92 Å². The van der Waals surface area contributed by atoms with Gasteiger partial charge in [-0.05, 0) is 25.1 Å². The predicted molar refractivity (Wildman–Crippen MR) is 87.0 cm³/mol. The van der Waals surface area contributed by atoms with Crippen LogP contribution in [0.25, 0.3) is 0 Å². The third-order valence-corrected chi connectivity index (χ3v) is 3.98. The number of halogens is 1. The quantitative estimate of drug-likeness (QED) is 0.943. The SMILES string of the molecule is CNc1nccc(N2CCN(c3ccccc3F)CC2C)n1. The van der Waals surface area contributed by atoms with E-state index in [9.17, 15) is 4.39 Å². The molecule has 2 heterocycles. The molecule has 0 amide bonds. The molecule has 0 radical (unpaired) electrons. The minimum atomic E-state index is -0.164. The van der Waals surface area contributed by atoms with Crippen molar-refractivity contribution in [1.82, 2.24) is 9.97 Å². The van der Waals surface area contributed by atoms with E-state index in [0.717, 1.165) is 25.5 Å². The Morgan fingerprint density at radius 1 is 1.23 bits per heavy atom. The molecule has 3 rings (SSSR count). The third-order valence-electron chi connectivity index (χ3n) is 3.98. The largest absolute Gasteiger partial charge is 0.365 e. The lowest BCUT2D eigenvalue weighted by Gasteiger charge is -2.41. The Kier molecular flexibility index (Phi) is 4.09. The lowest BCUT2D eigenvalue weighted by Crippen LogP contribution is -2.52. The first-order valence-electron chi connectivity index (χ1n) is 7.46. The highest BCUT2D eigenvalue weighted by molar-refractivity contribution is 5.51. The van der Waals surface area contributed by atoms with E-state index in [0.29, 0.717) is 11.6 Å². The molecule has 1 aliphatic heterocycles. The van der Waals surface area contributed by atoms with Crippen molar-refractivity contribution < 1.29 is 4.39 Å². The minimum absolute atomic E-state index is 0.164. The summed E-state index contributed by atoms with van der Waals surface area (Å²) in [5.41, 5.74) is 0.674. The Balaban J connectivity index is 1.76. The fraction of sp³-hybridized carbons (Fsp3) is 0.375. The van der Waals surface area contributed by atoms with Crippen molar-refractivity contribution in [3.63, 3.8) is 0 Å². The highest BCUT2D eigenvalue weighted by Crippen LogP contribution is 2.24. The van der Waals surface area contributed by atoms with Crippen molar-refractivity contribution in [2.75, 3.05) is 41.8 Å². The number of nitrogens with zero attached hydrogens (tertiary/aromatic N) is 4. The van der Waals surface area contributed by atoms with Crippen LogP contribution in [0.5, 0.6) is 0 Å². The van der Waals surface area contributed by atoms with Gasteiger partial charge in [-0.15, -0.1) is 0 Å². The van der Waals surface area contributed by atoms with Crippen LogP contribution in [-0.4, -0.2) is 42.7 Å². The van der Waals surface area contributed by atoms with E-state index in [1.807, 2.05) is 18.2 Å². The van der Waals surface area contributed by atoms with Crippen LogP contribution >= 0.6 is 0 Å². The number of piperazine rings is 1. The maximum absolute atomic E-state index is 13.9. The first-order chi connectivity index (χ1) is 10.7. The molecule has 0 saturated carbocycles. The van der Waals surface area contributed by atoms with Crippen molar-refractivity contribution in [3.8, 4) is 0 Å². The zero-order valence-electron chi connectivity index (χ0n) is 12.8. The monoisotopic (exact) mass is 301 g/mol. The van der Waals surface area contributed by atoms with Crippen LogP contribution in [0, 0.1) is 5.82 Å². The predicted octanol–water partition coefficient (Wildman–Crippen LogP) is 2.37. The van der Waals surface area contributed by atoms with Gasteiger partial charge in [0.05, 0.1) is 5.69 Å². The van der Waals surface area contributed by atoms with E-state index in [1.165, 1.54) is 6.07 Å². The molecular weight excluding hydrogens is 281 g/mol. The summed E-state index contributed by atoms with van der Waals surface area (Å²) >= 11 is 0. The number of nitrogens with one attached hydrogen (secondary N) is 1. The van der Waals surface area contributed by atoms with E-state index in [2.05, 4.69) is 32.0 Å². The lowest BCUT2D eigenvalue weighted by atomic mass is 10.1. The third kappa shape index (κ3) is 2.81. The van der Waals surface area contributed by atoms with Crippen LogP contribution in [-0.2, 0) is 0 Å². The van der Waals surface area contributed by atoms with Crippen molar-refractivity contribution in [1.29, 1.82) is 0 Å². The molecule has 22 heavy (non-hydrogen) atoms. The van der Waals surface area contributed by atoms with Crippen LogP contribution in [0.2, 0.25) is 0 Å². The number of anilines is 3. The molecule has 1 unspecified atom stereocenters. The first-order valence-corrected chi connectivity index (χ1v) is 7.46. The molecule has 1 aromatic heterocycles. The molecule has 1 fully saturated rings. The second-order valence-corrected chi connectivity index (χ2v) is 5.43. The van der Waals surface area contributed by atoms with Gasteiger partial charge < -0.3 is 15.1 Å². The summed E-state index contributed by atoms with van der Waals surface area (Å²) < 4.78 is 13.9. The first kappa shape index (κ1) is 14.6. The number of hydrogen-bond acceptors (Lipinski definition) is 5. The van der Waals surface area contributed by atoms with Gasteiger partial charge in [0.15, 0.2) is 0 Å². The summed E-state index contributed by atoms with van der Waals surface area (Å²) in [6.45, 7) is 4.47. The fourth-order valence-electron chi connectivity index (χ4n) is 2.85. The second-order valence-electron chi connectivity index (χ2n) is 5.43. The Labute approximate surface area is 129 Å². The van der Waals surface area contributed by atoms with E-state index in [-0.39, 0.29) is 11.9 Å². The number of hydrogen-bond donors (Lipinski definition) is 1. The molecule has 0 aliphatic carbocycles. The maximum Gasteiger partial charge on any atom is 0.224 e. The maximum atomic E-state index is 13.9. The molecule has 1 aliphatic rings. The zero-order valence-corrected chi connectivity index (χ0v) is 12.8. The molecule has 0 bridgehead atoms. The topological polar surface area (TPSA) is 44.3 Å². The fourth-order valence-corrected chi connectivity index (χ4v) is 2.85. The Morgan fingerprint density at radius 3 is 2.77 bits per heavy atom. The number of para-hydroxylation sites is 1. The summed E-state index contributed by atoms with van der Waals surface area (Å²) in [4.78, 5) is 13.0. The summed E-state index contributed by atoms with van der Waals surface area (Å²) in [7, 11) is 1.80. The van der Waals surface area contributed by atoms with Crippen LogP contribution < -0.4 is 15.1 Å². The van der Waals surface area contributed by atoms with E-state index in [4.69, 9.17) is 0 Å². The molecule has 1 aromatic carbocycles. The number of rotatable bonds is 3. The molecule has 116 valence electrons. The second kappa shape index (κ2) is 6.17. The molecule has 1 saturated heterocycles. The number of aromatic nitrogens is 2. The van der Waals surface area contributed by atoms with Gasteiger partial charge >= 0.3 is 0 Å². The molecular formula is C16H20FN5. The Hall–Kier alpha value is -2.37. The van der Waals surface area contributed by atoms with Gasteiger partial charge in [-0.3, -0.25) is 0 Å². The summed E-state index contributed by atoms with van der Waals surface area (Å²) in [6.07, 6.45) is 1.75. The van der Waals surface area contributed by atoms with Crippen molar-refractivity contribution in [2.24, 2.45) is 0 Å². The standard InChI is InChI=1S/C16H20FN5/c1-12-11-21(14-6-4-3-5-13(14)17)9-10-22(12)15-7-8-19-16(18-2)20-15/h3-8,12H,9-11H2,1-2H3,(H,18,19,20). The summed E-state index contributed by atoms with van der Waals surface area (Å²) in [5, 5.41) is 2.95. The average molecular weight is 301 g/mol. The smallest absolute Gasteiger partial charge is 0.224 e. The Morgan fingerprint density at radius 2 is 2.05 bits per heavy atom. The molecule has 2 aromatic rings. The summed E-state index contributed by atoms with van der Waals surface area (Å²) in [5.74, 6) is 1.35. The van der Waals surface area contributed by atoms with Gasteiger partial charge in [-0.2, -0.15) is 4.98 Å². The average Bonchev–Trinajstić information content (AvgIpc) is 2.55. The van der Waals surface area contributed by atoms with E-state index >= 15 is 0 Å². The van der Waals surface area contributed by atoms with Gasteiger partial charge in [-0.25, -0.2) is 9.37 Å². The molecule has 5 nitrogen and oxygen atoms in total. The van der Waals surface area contributed by atoms with Gasteiger partial charge in [-0.1, -0.05) is 12.1 Å². The van der Waals surface area contributed by atoms with Crippen LogP contribution in [0.4, 0.5) is 21.8 Å². The van der Waals surface area contributed by atoms with Crippen molar-refractivity contribution in [2.45, 2.75) is 13.0 Å². The van der Waals surface area contributed by atoms with Crippen molar-refractivity contribution >= 4 is 17.5 Å². The Bertz CT molecular complexity index is 648.